The molecule has 0 fully saturated rings. The minimum absolute atomic E-state index is 0.0990. The van der Waals surface area contributed by atoms with Crippen molar-refractivity contribution < 1.29 is 24.1 Å². The van der Waals surface area contributed by atoms with Crippen molar-refractivity contribution in [2.45, 2.75) is 13.5 Å². The fraction of sp³-hybridized carbons (Fsp3) is 0.250. The summed E-state index contributed by atoms with van der Waals surface area (Å²) in [7, 11) is 1.53. The molecule has 0 aliphatic heterocycles. The number of fused-ring (bicyclic) bond motifs is 3. The lowest BCUT2D eigenvalue weighted by molar-refractivity contribution is 0.101. The van der Waals surface area contributed by atoms with Gasteiger partial charge in [0, 0.05) is 17.9 Å². The van der Waals surface area contributed by atoms with E-state index in [4.69, 9.17) is 14.2 Å². The molecule has 0 bridgehead atoms. The van der Waals surface area contributed by atoms with Crippen molar-refractivity contribution in [1.29, 1.82) is 0 Å². The highest BCUT2D eigenvalue weighted by Crippen LogP contribution is 2.37. The van der Waals surface area contributed by atoms with Crippen molar-refractivity contribution in [2.24, 2.45) is 0 Å². The number of nitrogens with zero attached hydrogens (tertiary/aromatic N) is 1. The van der Waals surface area contributed by atoms with Crippen molar-refractivity contribution >= 4 is 28.0 Å². The molecule has 0 saturated heterocycles. The Morgan fingerprint density at radius 1 is 1.30 bits per heavy atom. The van der Waals surface area contributed by atoms with E-state index in [1.54, 1.807) is 25.3 Å². The minimum Gasteiger partial charge on any atom is -0.507 e. The van der Waals surface area contributed by atoms with Gasteiger partial charge in [-0.25, -0.2) is 9.78 Å². The first-order valence-corrected chi connectivity index (χ1v) is 7.10. The Labute approximate surface area is 131 Å². The quantitative estimate of drug-likeness (QED) is 0.718. The number of aromatic hydroxyl groups is 1. The molecule has 3 rings (SSSR count). The summed E-state index contributed by atoms with van der Waals surface area (Å²) >= 11 is 0. The van der Waals surface area contributed by atoms with Gasteiger partial charge in [0.05, 0.1) is 36.0 Å². The summed E-state index contributed by atoms with van der Waals surface area (Å²) < 4.78 is 15.2. The number of H-pyrrole nitrogens is 1. The molecule has 0 amide bonds. The van der Waals surface area contributed by atoms with Crippen LogP contribution in [0.3, 0.4) is 0 Å². The van der Waals surface area contributed by atoms with E-state index >= 15 is 0 Å². The summed E-state index contributed by atoms with van der Waals surface area (Å²) in [5.74, 6) is 0.223. The Balaban J connectivity index is 2.23. The highest BCUT2D eigenvalue weighted by molar-refractivity contribution is 6.12. The van der Waals surface area contributed by atoms with Gasteiger partial charge >= 0.3 is 6.16 Å². The number of pyridine rings is 1. The van der Waals surface area contributed by atoms with E-state index in [2.05, 4.69) is 9.97 Å². The number of phenolic OH excluding ortho intramolecular Hbond substituents is 1. The van der Waals surface area contributed by atoms with Gasteiger partial charge in [-0.2, -0.15) is 0 Å². The van der Waals surface area contributed by atoms with Gasteiger partial charge in [0.25, 0.3) is 0 Å². The number of phenols is 1. The summed E-state index contributed by atoms with van der Waals surface area (Å²) in [6.07, 6.45) is 0.712. The Hall–Kier alpha value is -2.80. The molecular formula is C16H16N2O5. The second kappa shape index (κ2) is 6.13. The molecule has 7 nitrogen and oxygen atoms in total. The first-order valence-electron chi connectivity index (χ1n) is 7.10. The van der Waals surface area contributed by atoms with Gasteiger partial charge in [-0.1, -0.05) is 6.07 Å². The maximum atomic E-state index is 11.6. The third-order valence-corrected chi connectivity index (χ3v) is 3.43. The lowest BCUT2D eigenvalue weighted by Crippen LogP contribution is -2.12. The van der Waals surface area contributed by atoms with Crippen LogP contribution in [-0.4, -0.2) is 34.9 Å². The zero-order chi connectivity index (χ0) is 16.4. The number of carbonyl (C=O) groups is 1. The maximum Gasteiger partial charge on any atom is 0.515 e. The zero-order valence-corrected chi connectivity index (χ0v) is 12.8. The molecule has 23 heavy (non-hydrogen) atoms. The van der Waals surface area contributed by atoms with E-state index < -0.39 is 6.16 Å². The van der Waals surface area contributed by atoms with E-state index in [0.717, 1.165) is 5.52 Å². The summed E-state index contributed by atoms with van der Waals surface area (Å²) in [6.45, 7) is 2.06. The molecule has 0 aliphatic rings. The van der Waals surface area contributed by atoms with Crippen LogP contribution in [0.25, 0.3) is 21.8 Å². The van der Waals surface area contributed by atoms with Crippen LogP contribution in [0, 0.1) is 0 Å². The number of methoxy groups -OCH3 is 1. The van der Waals surface area contributed by atoms with Crippen LogP contribution in [-0.2, 0) is 16.1 Å². The number of rotatable bonds is 4. The third-order valence-electron chi connectivity index (χ3n) is 3.43. The number of aromatic amines is 1. The molecule has 2 aromatic heterocycles. The topological polar surface area (TPSA) is 93.7 Å². The predicted molar refractivity (Wildman–Crippen MR) is 83.6 cm³/mol. The monoisotopic (exact) mass is 316 g/mol. The molecule has 120 valence electrons. The van der Waals surface area contributed by atoms with Crippen LogP contribution in [0.1, 0.15) is 12.5 Å². The second-order valence-corrected chi connectivity index (χ2v) is 4.87. The zero-order valence-electron chi connectivity index (χ0n) is 12.8. The lowest BCUT2D eigenvalue weighted by atomic mass is 10.1. The molecule has 0 atom stereocenters. The van der Waals surface area contributed by atoms with Crippen LogP contribution in [0.15, 0.2) is 24.4 Å². The van der Waals surface area contributed by atoms with Crippen LogP contribution in [0.4, 0.5) is 4.79 Å². The first-order chi connectivity index (χ1) is 11.2. The van der Waals surface area contributed by atoms with E-state index in [-0.39, 0.29) is 24.8 Å². The van der Waals surface area contributed by atoms with E-state index in [1.165, 1.54) is 7.11 Å². The normalized spacial score (nSPS) is 11.0. The molecule has 0 saturated carbocycles. The van der Waals surface area contributed by atoms with Gasteiger partial charge in [-0.15, -0.1) is 0 Å². The lowest BCUT2D eigenvalue weighted by Gasteiger charge is -2.10. The molecule has 0 unspecified atom stereocenters. The molecule has 2 heterocycles. The van der Waals surface area contributed by atoms with Gasteiger partial charge in [-0.05, 0) is 19.1 Å². The molecule has 2 N–H and O–H groups in total. The standard InChI is InChI=1S/C16H16N2O5/c1-3-22-16(20)23-15-9(8-21-2)13-11(7-17-15)18-10-5-4-6-12(19)14(10)13/h4-7,18-19H,3,8H2,1-2H3. The smallest absolute Gasteiger partial charge is 0.507 e. The average Bonchev–Trinajstić information content (AvgIpc) is 2.90. The van der Waals surface area contributed by atoms with Crippen LogP contribution >= 0.6 is 0 Å². The number of nitrogens with one attached hydrogen (secondary N) is 1. The summed E-state index contributed by atoms with van der Waals surface area (Å²) in [6, 6.07) is 5.18. The summed E-state index contributed by atoms with van der Waals surface area (Å²) in [5, 5.41) is 11.5. The van der Waals surface area contributed by atoms with Gasteiger partial charge in [0.1, 0.15) is 5.75 Å². The number of ether oxygens (including phenoxy) is 3. The number of aromatic nitrogens is 2. The summed E-state index contributed by atoms with van der Waals surface area (Å²) in [4.78, 5) is 18.9. The van der Waals surface area contributed by atoms with Crippen molar-refractivity contribution in [3.8, 4) is 11.6 Å². The van der Waals surface area contributed by atoms with E-state index in [1.807, 2.05) is 6.07 Å². The highest BCUT2D eigenvalue weighted by Gasteiger charge is 2.19. The van der Waals surface area contributed by atoms with Crippen LogP contribution in [0.5, 0.6) is 11.6 Å². The molecule has 7 heteroatoms. The third kappa shape index (κ3) is 2.66. The van der Waals surface area contributed by atoms with Crippen molar-refractivity contribution in [2.75, 3.05) is 13.7 Å². The highest BCUT2D eigenvalue weighted by atomic mass is 16.7. The fourth-order valence-electron chi connectivity index (χ4n) is 2.56. The Kier molecular flexibility index (Phi) is 4.03. The Morgan fingerprint density at radius 3 is 2.87 bits per heavy atom. The van der Waals surface area contributed by atoms with Crippen molar-refractivity contribution in [3.05, 3.63) is 30.0 Å². The molecule has 1 aromatic carbocycles. The number of carbonyl (C=O) groups excluding carboxylic acids is 1. The largest absolute Gasteiger partial charge is 0.515 e. The van der Waals surface area contributed by atoms with E-state index in [0.29, 0.717) is 21.9 Å². The number of hydrogen-bond acceptors (Lipinski definition) is 6. The van der Waals surface area contributed by atoms with Crippen LogP contribution < -0.4 is 4.74 Å². The molecule has 0 radical (unpaired) electrons. The maximum absolute atomic E-state index is 11.6. The molecule has 3 aromatic rings. The SMILES string of the molecule is CCOC(=O)Oc1ncc2[nH]c3cccc(O)c3c2c1COC. The first kappa shape index (κ1) is 15.1. The number of benzene rings is 1. The second-order valence-electron chi connectivity index (χ2n) is 4.87. The van der Waals surface area contributed by atoms with Gasteiger partial charge < -0.3 is 24.3 Å². The fourth-order valence-corrected chi connectivity index (χ4v) is 2.56. The molecule has 0 spiro atoms. The van der Waals surface area contributed by atoms with Gasteiger partial charge in [0.15, 0.2) is 0 Å². The molecule has 0 aliphatic carbocycles. The van der Waals surface area contributed by atoms with Crippen molar-refractivity contribution in [3.63, 3.8) is 0 Å². The van der Waals surface area contributed by atoms with Gasteiger partial charge in [-0.3, -0.25) is 0 Å². The van der Waals surface area contributed by atoms with E-state index in [9.17, 15) is 9.90 Å². The average molecular weight is 316 g/mol. The number of hydrogen-bond donors (Lipinski definition) is 2. The van der Waals surface area contributed by atoms with Gasteiger partial charge in [0.2, 0.25) is 5.88 Å². The Bertz CT molecular complexity index is 872. The molecular weight excluding hydrogens is 300 g/mol. The minimum atomic E-state index is -0.833. The predicted octanol–water partition coefficient (Wildman–Crippen LogP) is 3.10. The van der Waals surface area contributed by atoms with Crippen LogP contribution in [0.2, 0.25) is 0 Å². The van der Waals surface area contributed by atoms with Crippen molar-refractivity contribution in [1.82, 2.24) is 9.97 Å². The summed E-state index contributed by atoms with van der Waals surface area (Å²) in [5.41, 5.74) is 2.03. The Morgan fingerprint density at radius 2 is 2.13 bits per heavy atom.